The Bertz CT molecular complexity index is 401. The van der Waals surface area contributed by atoms with Crippen molar-refractivity contribution in [2.24, 2.45) is 5.73 Å². The van der Waals surface area contributed by atoms with E-state index in [9.17, 15) is 18.0 Å². The molecule has 1 aromatic carbocycles. The number of ether oxygens (including phenoxy) is 1. The number of esters is 1. The Morgan fingerprint density at radius 2 is 1.89 bits per heavy atom. The number of benzene rings is 1. The topological polar surface area (TPSA) is 52.3 Å². The lowest BCUT2D eigenvalue weighted by atomic mass is 10.0. The van der Waals surface area contributed by atoms with Crippen molar-refractivity contribution < 1.29 is 22.7 Å². The van der Waals surface area contributed by atoms with Crippen molar-refractivity contribution >= 4 is 5.97 Å². The third-order valence-electron chi connectivity index (χ3n) is 2.44. The second-order valence-electron chi connectivity index (χ2n) is 3.94. The molecule has 0 saturated carbocycles. The van der Waals surface area contributed by atoms with Crippen molar-refractivity contribution in [2.75, 3.05) is 7.11 Å². The van der Waals surface area contributed by atoms with Crippen molar-refractivity contribution in [1.82, 2.24) is 0 Å². The second-order valence-corrected chi connectivity index (χ2v) is 3.94. The first-order valence-corrected chi connectivity index (χ1v) is 5.31. The summed E-state index contributed by atoms with van der Waals surface area (Å²) >= 11 is 0. The first-order valence-electron chi connectivity index (χ1n) is 5.31. The molecule has 100 valence electrons. The lowest BCUT2D eigenvalue weighted by Gasteiger charge is -2.11. The number of carbonyl (C=O) groups excluding carboxylic acids is 1. The molecule has 0 bridgehead atoms. The van der Waals surface area contributed by atoms with Gasteiger partial charge in [-0.2, -0.15) is 13.2 Å². The van der Waals surface area contributed by atoms with Crippen molar-refractivity contribution in [1.29, 1.82) is 0 Å². The van der Waals surface area contributed by atoms with Crippen molar-refractivity contribution in [3.8, 4) is 0 Å². The summed E-state index contributed by atoms with van der Waals surface area (Å²) in [5.74, 6) is -0.436. The van der Waals surface area contributed by atoms with Gasteiger partial charge in [0.1, 0.15) is 0 Å². The van der Waals surface area contributed by atoms with Gasteiger partial charge in [0.15, 0.2) is 0 Å². The summed E-state index contributed by atoms with van der Waals surface area (Å²) in [6.07, 6.45) is -3.97. The van der Waals surface area contributed by atoms with Gasteiger partial charge in [0.25, 0.3) is 0 Å². The Labute approximate surface area is 103 Å². The molecule has 0 aliphatic heterocycles. The van der Waals surface area contributed by atoms with E-state index in [4.69, 9.17) is 5.73 Å². The number of alkyl halides is 3. The van der Waals surface area contributed by atoms with Gasteiger partial charge in [-0.25, -0.2) is 0 Å². The first kappa shape index (κ1) is 14.5. The molecule has 0 heterocycles. The molecule has 1 atom stereocenters. The Hall–Kier alpha value is -1.56. The van der Waals surface area contributed by atoms with Crippen LogP contribution < -0.4 is 5.73 Å². The Morgan fingerprint density at radius 1 is 1.33 bits per heavy atom. The maximum atomic E-state index is 12.3. The normalized spacial score (nSPS) is 13.2. The third-order valence-corrected chi connectivity index (χ3v) is 2.44. The van der Waals surface area contributed by atoms with Crippen LogP contribution in [0.1, 0.15) is 17.5 Å². The van der Waals surface area contributed by atoms with Gasteiger partial charge in [-0.1, -0.05) is 12.1 Å². The average Bonchev–Trinajstić information content (AvgIpc) is 2.28. The van der Waals surface area contributed by atoms with Gasteiger partial charge in [-0.3, -0.25) is 4.79 Å². The highest BCUT2D eigenvalue weighted by Crippen LogP contribution is 2.29. The number of hydrogen-bond acceptors (Lipinski definition) is 3. The number of carbonyl (C=O) groups is 1. The second kappa shape index (κ2) is 5.86. The van der Waals surface area contributed by atoms with Gasteiger partial charge in [-0.05, 0) is 24.1 Å². The summed E-state index contributed by atoms with van der Waals surface area (Å²) in [4.78, 5) is 10.9. The predicted octanol–water partition coefficient (Wildman–Crippen LogP) is 2.14. The monoisotopic (exact) mass is 261 g/mol. The molecule has 0 aromatic heterocycles. The van der Waals surface area contributed by atoms with Gasteiger partial charge in [0.2, 0.25) is 0 Å². The van der Waals surface area contributed by atoms with Gasteiger partial charge in [-0.15, -0.1) is 0 Å². The van der Waals surface area contributed by atoms with E-state index >= 15 is 0 Å². The minimum absolute atomic E-state index is 0.0392. The smallest absolute Gasteiger partial charge is 0.416 e. The van der Waals surface area contributed by atoms with Gasteiger partial charge in [0.05, 0.1) is 19.1 Å². The van der Waals surface area contributed by atoms with Gasteiger partial charge >= 0.3 is 12.1 Å². The van der Waals surface area contributed by atoms with E-state index in [0.717, 1.165) is 12.1 Å². The highest BCUT2D eigenvalue weighted by molar-refractivity contribution is 5.69. The molecule has 0 aliphatic rings. The standard InChI is InChI=1S/C12H14F3NO2/c1-18-11(17)7-10(16)6-8-2-4-9(5-3-8)12(13,14)15/h2-5,10H,6-7,16H2,1H3/t10-/m1/s1. The molecular formula is C12H14F3NO2. The number of nitrogens with two attached hydrogens (primary N) is 1. The van der Waals surface area contributed by atoms with E-state index in [0.29, 0.717) is 12.0 Å². The summed E-state index contributed by atoms with van der Waals surface area (Å²) < 4.78 is 41.4. The summed E-state index contributed by atoms with van der Waals surface area (Å²) in [7, 11) is 1.26. The quantitative estimate of drug-likeness (QED) is 0.845. The van der Waals surface area contributed by atoms with Gasteiger partial charge < -0.3 is 10.5 Å². The van der Waals surface area contributed by atoms with Crippen LogP contribution in [0.4, 0.5) is 13.2 Å². The molecule has 0 amide bonds. The first-order chi connectivity index (χ1) is 8.32. The van der Waals surface area contributed by atoms with Crippen LogP contribution in [-0.2, 0) is 22.1 Å². The van der Waals surface area contributed by atoms with E-state index in [-0.39, 0.29) is 6.42 Å². The zero-order chi connectivity index (χ0) is 13.8. The highest BCUT2D eigenvalue weighted by atomic mass is 19.4. The van der Waals surface area contributed by atoms with Crippen LogP contribution in [0.15, 0.2) is 24.3 Å². The molecule has 0 unspecified atom stereocenters. The number of rotatable bonds is 4. The summed E-state index contributed by atoms with van der Waals surface area (Å²) in [5.41, 5.74) is 5.63. The molecule has 3 nitrogen and oxygen atoms in total. The minimum atomic E-state index is -4.34. The number of halogens is 3. The van der Waals surface area contributed by atoms with E-state index in [1.54, 1.807) is 0 Å². The lowest BCUT2D eigenvalue weighted by molar-refractivity contribution is -0.141. The van der Waals surface area contributed by atoms with Crippen LogP contribution in [0.3, 0.4) is 0 Å². The van der Waals surface area contributed by atoms with Crippen LogP contribution in [0, 0.1) is 0 Å². The van der Waals surface area contributed by atoms with Crippen molar-refractivity contribution in [3.05, 3.63) is 35.4 Å². The molecule has 0 radical (unpaired) electrons. The molecule has 0 spiro atoms. The maximum Gasteiger partial charge on any atom is 0.416 e. The zero-order valence-corrected chi connectivity index (χ0v) is 9.83. The van der Waals surface area contributed by atoms with E-state index in [1.807, 2.05) is 0 Å². The molecule has 0 saturated heterocycles. The highest BCUT2D eigenvalue weighted by Gasteiger charge is 2.29. The zero-order valence-electron chi connectivity index (χ0n) is 9.83. The van der Waals surface area contributed by atoms with Crippen molar-refractivity contribution in [2.45, 2.75) is 25.1 Å². The van der Waals surface area contributed by atoms with E-state index in [1.165, 1.54) is 19.2 Å². The Balaban J connectivity index is 2.61. The fourth-order valence-electron chi connectivity index (χ4n) is 1.50. The fourth-order valence-corrected chi connectivity index (χ4v) is 1.50. The summed E-state index contributed by atoms with van der Waals surface area (Å²) in [6.45, 7) is 0. The van der Waals surface area contributed by atoms with Crippen LogP contribution in [0.2, 0.25) is 0 Å². The van der Waals surface area contributed by atoms with E-state index in [2.05, 4.69) is 4.74 Å². The molecular weight excluding hydrogens is 247 g/mol. The van der Waals surface area contributed by atoms with Crippen molar-refractivity contribution in [3.63, 3.8) is 0 Å². The number of methoxy groups -OCH3 is 1. The largest absolute Gasteiger partial charge is 0.469 e. The molecule has 0 aliphatic carbocycles. The molecule has 2 N–H and O–H groups in total. The van der Waals surface area contributed by atoms with E-state index < -0.39 is 23.8 Å². The summed E-state index contributed by atoms with van der Waals surface area (Å²) in [6, 6.07) is 4.26. The van der Waals surface area contributed by atoms with Crippen LogP contribution in [-0.4, -0.2) is 19.1 Å². The Kier molecular flexibility index (Phi) is 4.72. The molecule has 1 aromatic rings. The minimum Gasteiger partial charge on any atom is -0.469 e. The lowest BCUT2D eigenvalue weighted by Crippen LogP contribution is -2.26. The van der Waals surface area contributed by atoms with Crippen LogP contribution >= 0.6 is 0 Å². The number of hydrogen-bond donors (Lipinski definition) is 1. The molecule has 1 rings (SSSR count). The SMILES string of the molecule is COC(=O)C[C@H](N)Cc1ccc(C(F)(F)F)cc1. The maximum absolute atomic E-state index is 12.3. The van der Waals surface area contributed by atoms with Crippen LogP contribution in [0.5, 0.6) is 0 Å². The molecule has 6 heteroatoms. The average molecular weight is 261 g/mol. The van der Waals surface area contributed by atoms with Gasteiger partial charge in [0, 0.05) is 6.04 Å². The molecule has 18 heavy (non-hydrogen) atoms. The fraction of sp³-hybridized carbons (Fsp3) is 0.417. The van der Waals surface area contributed by atoms with Crippen LogP contribution in [0.25, 0.3) is 0 Å². The Morgan fingerprint density at radius 3 is 2.33 bits per heavy atom. The summed E-state index contributed by atoms with van der Waals surface area (Å²) in [5, 5.41) is 0. The third kappa shape index (κ3) is 4.37. The molecule has 0 fully saturated rings. The predicted molar refractivity (Wildman–Crippen MR) is 59.8 cm³/mol.